The Hall–Kier alpha value is -3.23. The van der Waals surface area contributed by atoms with Crippen molar-refractivity contribution in [2.75, 3.05) is 42.6 Å². The Morgan fingerprint density at radius 1 is 1.13 bits per heavy atom. The lowest BCUT2D eigenvalue weighted by Crippen LogP contribution is -2.49. The summed E-state index contributed by atoms with van der Waals surface area (Å²) in [6.45, 7) is 6.96. The molecule has 31 heavy (non-hydrogen) atoms. The maximum Gasteiger partial charge on any atom is 0.415 e. The molecule has 1 atom stereocenters. The summed E-state index contributed by atoms with van der Waals surface area (Å²) in [4.78, 5) is 34.9. The minimum Gasteiger partial charge on any atom is -0.447 e. The van der Waals surface area contributed by atoms with E-state index >= 15 is 0 Å². The quantitative estimate of drug-likeness (QED) is 0.747. The summed E-state index contributed by atoms with van der Waals surface area (Å²) < 4.78 is 5.02. The highest BCUT2D eigenvalue weighted by molar-refractivity contribution is 5.93. The molecule has 3 aliphatic rings. The van der Waals surface area contributed by atoms with Crippen LogP contribution in [0, 0.1) is 6.92 Å². The number of nitrogens with zero attached hydrogens (tertiary/aromatic N) is 6. The summed E-state index contributed by atoms with van der Waals surface area (Å²) in [6, 6.07) is 5.42. The maximum absolute atomic E-state index is 12.9. The first kappa shape index (κ1) is 19.7. The lowest BCUT2D eigenvalue weighted by atomic mass is 10.1. The van der Waals surface area contributed by atoms with Gasteiger partial charge in [0, 0.05) is 32.4 Å². The van der Waals surface area contributed by atoms with E-state index in [0.717, 1.165) is 18.9 Å². The minimum atomic E-state index is -0.439. The van der Waals surface area contributed by atoms with Gasteiger partial charge in [0.2, 0.25) is 0 Å². The van der Waals surface area contributed by atoms with E-state index in [4.69, 9.17) is 9.72 Å². The standard InChI is InChI=1S/C22H26N6O3/c1-14-11-17(16-3-4-16)12-23-20(14)26-7-9-27(10-8-26)21(29)18-5-6-19(25-24-18)28-15(2)13-31-22(28)30/h5-6,11-12,15-16H,3-4,7-10,13H2,1-2H3/t15-/m1/s1. The largest absolute Gasteiger partial charge is 0.447 e. The van der Waals surface area contributed by atoms with Crippen LogP contribution in [0.3, 0.4) is 0 Å². The highest BCUT2D eigenvalue weighted by Gasteiger charge is 2.33. The summed E-state index contributed by atoms with van der Waals surface area (Å²) in [5.74, 6) is 1.95. The van der Waals surface area contributed by atoms with Gasteiger partial charge in [0.15, 0.2) is 11.5 Å². The minimum absolute atomic E-state index is 0.105. The van der Waals surface area contributed by atoms with Gasteiger partial charge in [-0.1, -0.05) is 6.07 Å². The molecule has 162 valence electrons. The summed E-state index contributed by atoms with van der Waals surface area (Å²) in [6.07, 6.45) is 4.11. The molecule has 1 aliphatic carbocycles. The fourth-order valence-electron chi connectivity index (χ4n) is 4.25. The second-order valence-electron chi connectivity index (χ2n) is 8.54. The van der Waals surface area contributed by atoms with Gasteiger partial charge in [-0.15, -0.1) is 10.2 Å². The number of ether oxygens (including phenoxy) is 1. The van der Waals surface area contributed by atoms with Gasteiger partial charge >= 0.3 is 6.09 Å². The fraction of sp³-hybridized carbons (Fsp3) is 0.500. The van der Waals surface area contributed by atoms with E-state index < -0.39 is 6.09 Å². The van der Waals surface area contributed by atoms with E-state index in [9.17, 15) is 9.59 Å². The van der Waals surface area contributed by atoms with E-state index in [-0.39, 0.29) is 17.6 Å². The molecule has 0 spiro atoms. The molecule has 0 unspecified atom stereocenters. The molecule has 1 saturated carbocycles. The Bertz CT molecular complexity index is 999. The Kier molecular flexibility index (Phi) is 4.95. The number of rotatable bonds is 4. The van der Waals surface area contributed by atoms with Gasteiger partial charge < -0.3 is 14.5 Å². The Balaban J connectivity index is 1.21. The zero-order valence-electron chi connectivity index (χ0n) is 17.8. The van der Waals surface area contributed by atoms with Crippen LogP contribution in [0.25, 0.3) is 0 Å². The van der Waals surface area contributed by atoms with Gasteiger partial charge in [0.25, 0.3) is 5.91 Å². The predicted molar refractivity (Wildman–Crippen MR) is 114 cm³/mol. The molecular formula is C22H26N6O3. The van der Waals surface area contributed by atoms with Crippen LogP contribution < -0.4 is 9.80 Å². The average Bonchev–Trinajstić information content (AvgIpc) is 3.58. The van der Waals surface area contributed by atoms with Crippen molar-refractivity contribution < 1.29 is 14.3 Å². The molecule has 5 rings (SSSR count). The van der Waals surface area contributed by atoms with Crippen molar-refractivity contribution in [1.82, 2.24) is 20.1 Å². The molecule has 0 N–H and O–H groups in total. The number of anilines is 2. The van der Waals surface area contributed by atoms with Crippen LogP contribution in [0.4, 0.5) is 16.4 Å². The molecule has 4 heterocycles. The van der Waals surface area contributed by atoms with Crippen molar-refractivity contribution in [3.63, 3.8) is 0 Å². The Morgan fingerprint density at radius 3 is 2.48 bits per heavy atom. The highest BCUT2D eigenvalue weighted by Crippen LogP contribution is 2.40. The first-order valence-electron chi connectivity index (χ1n) is 10.8. The molecular weight excluding hydrogens is 396 g/mol. The first-order valence-corrected chi connectivity index (χ1v) is 10.8. The topological polar surface area (TPSA) is 91.8 Å². The van der Waals surface area contributed by atoms with E-state index in [1.807, 2.05) is 13.1 Å². The normalized spacial score (nSPS) is 21.4. The number of piperazine rings is 1. The zero-order valence-corrected chi connectivity index (χ0v) is 17.8. The Labute approximate surface area is 181 Å². The second-order valence-corrected chi connectivity index (χ2v) is 8.54. The second kappa shape index (κ2) is 7.79. The number of hydrogen-bond acceptors (Lipinski definition) is 7. The highest BCUT2D eigenvalue weighted by atomic mass is 16.6. The summed E-state index contributed by atoms with van der Waals surface area (Å²) >= 11 is 0. The van der Waals surface area contributed by atoms with Gasteiger partial charge in [0.05, 0.1) is 6.04 Å². The Morgan fingerprint density at radius 2 is 1.90 bits per heavy atom. The van der Waals surface area contributed by atoms with Crippen LogP contribution in [-0.2, 0) is 4.74 Å². The van der Waals surface area contributed by atoms with Crippen LogP contribution in [0.1, 0.15) is 47.3 Å². The number of hydrogen-bond donors (Lipinski definition) is 0. The van der Waals surface area contributed by atoms with E-state index in [2.05, 4.69) is 28.1 Å². The lowest BCUT2D eigenvalue weighted by Gasteiger charge is -2.36. The van der Waals surface area contributed by atoms with E-state index in [1.165, 1.54) is 28.9 Å². The van der Waals surface area contributed by atoms with E-state index in [0.29, 0.717) is 31.4 Å². The van der Waals surface area contributed by atoms with Crippen molar-refractivity contribution in [3.8, 4) is 0 Å². The molecule has 2 amide bonds. The van der Waals surface area contributed by atoms with Gasteiger partial charge in [-0.25, -0.2) is 9.78 Å². The van der Waals surface area contributed by atoms with Crippen molar-refractivity contribution in [1.29, 1.82) is 0 Å². The van der Waals surface area contributed by atoms with Crippen LogP contribution in [0.15, 0.2) is 24.4 Å². The summed E-state index contributed by atoms with van der Waals surface area (Å²) in [5, 5.41) is 8.16. The van der Waals surface area contributed by atoms with Gasteiger partial charge in [-0.05, 0) is 55.9 Å². The molecule has 2 aromatic heterocycles. The summed E-state index contributed by atoms with van der Waals surface area (Å²) in [7, 11) is 0. The maximum atomic E-state index is 12.9. The number of aromatic nitrogens is 3. The molecule has 0 radical (unpaired) electrons. The SMILES string of the molecule is Cc1cc(C2CC2)cnc1N1CCN(C(=O)c2ccc(N3C(=O)OC[C@H]3C)nn2)CC1. The first-order chi connectivity index (χ1) is 15.0. The van der Waals surface area contributed by atoms with Crippen LogP contribution in [-0.4, -0.2) is 70.9 Å². The molecule has 3 fully saturated rings. The molecule has 9 heteroatoms. The lowest BCUT2D eigenvalue weighted by molar-refractivity contribution is 0.0739. The third-order valence-corrected chi connectivity index (χ3v) is 6.19. The van der Waals surface area contributed by atoms with Gasteiger partial charge in [-0.2, -0.15) is 0 Å². The molecule has 2 aromatic rings. The zero-order chi connectivity index (χ0) is 21.5. The number of aryl methyl sites for hydroxylation is 1. The molecule has 9 nitrogen and oxygen atoms in total. The monoisotopic (exact) mass is 422 g/mol. The van der Waals surface area contributed by atoms with E-state index in [1.54, 1.807) is 17.0 Å². The third-order valence-electron chi connectivity index (χ3n) is 6.19. The van der Waals surface area contributed by atoms with Crippen LogP contribution >= 0.6 is 0 Å². The van der Waals surface area contributed by atoms with Crippen molar-refractivity contribution in [2.24, 2.45) is 0 Å². The van der Waals surface area contributed by atoms with Gasteiger partial charge in [-0.3, -0.25) is 9.69 Å². The number of carbonyl (C=O) groups is 2. The molecule has 2 saturated heterocycles. The smallest absolute Gasteiger partial charge is 0.415 e. The number of carbonyl (C=O) groups excluding carboxylic acids is 2. The summed E-state index contributed by atoms with van der Waals surface area (Å²) in [5.41, 5.74) is 2.81. The molecule has 2 aliphatic heterocycles. The fourth-order valence-corrected chi connectivity index (χ4v) is 4.25. The van der Waals surface area contributed by atoms with Crippen molar-refractivity contribution in [2.45, 2.75) is 38.6 Å². The van der Waals surface area contributed by atoms with Gasteiger partial charge in [0.1, 0.15) is 12.4 Å². The average molecular weight is 422 g/mol. The molecule has 0 bridgehead atoms. The van der Waals surface area contributed by atoms with Crippen LogP contribution in [0.2, 0.25) is 0 Å². The number of cyclic esters (lactones) is 1. The number of pyridine rings is 1. The van der Waals surface area contributed by atoms with Crippen LogP contribution in [0.5, 0.6) is 0 Å². The van der Waals surface area contributed by atoms with Crippen molar-refractivity contribution in [3.05, 3.63) is 41.2 Å². The number of amides is 2. The third kappa shape index (κ3) is 3.80. The predicted octanol–water partition coefficient (Wildman–Crippen LogP) is 2.36. The molecule has 0 aromatic carbocycles. The van der Waals surface area contributed by atoms with Crippen molar-refractivity contribution >= 4 is 23.6 Å².